The molecule has 0 aliphatic rings. The number of aromatic nitrogens is 3. The molecule has 0 radical (unpaired) electrons. The van der Waals surface area contributed by atoms with Gasteiger partial charge in [-0.25, -0.2) is 5.10 Å². The maximum atomic E-state index is 6.16. The summed E-state index contributed by atoms with van der Waals surface area (Å²) in [7, 11) is 3.18. The largest absolute Gasteiger partial charge is 0.497 e. The van der Waals surface area contributed by atoms with E-state index in [0.29, 0.717) is 27.1 Å². The van der Waals surface area contributed by atoms with Crippen LogP contribution in [0.2, 0.25) is 5.02 Å². The van der Waals surface area contributed by atoms with E-state index >= 15 is 0 Å². The van der Waals surface area contributed by atoms with Gasteiger partial charge in [-0.1, -0.05) is 29.8 Å². The van der Waals surface area contributed by atoms with Gasteiger partial charge in [-0.15, -0.1) is 0 Å². The van der Waals surface area contributed by atoms with Crippen molar-refractivity contribution in [2.24, 2.45) is 5.10 Å². The number of methoxy groups -OCH3 is 2. The van der Waals surface area contributed by atoms with Crippen LogP contribution in [-0.2, 0) is 0 Å². The number of ether oxygens (including phenoxy) is 2. The maximum absolute atomic E-state index is 6.16. The van der Waals surface area contributed by atoms with E-state index in [9.17, 15) is 0 Å². The minimum atomic E-state index is 0.358. The first-order valence-corrected chi connectivity index (χ1v) is 8.11. The molecule has 0 aliphatic carbocycles. The molecule has 2 aromatic carbocycles. The average molecular weight is 375 g/mol. The molecule has 25 heavy (non-hydrogen) atoms. The molecular formula is C17H15ClN4O2S. The lowest BCUT2D eigenvalue weighted by Crippen LogP contribution is -1.98. The smallest absolute Gasteiger partial charge is 0.216 e. The lowest BCUT2D eigenvalue weighted by atomic mass is 10.2. The van der Waals surface area contributed by atoms with Crippen molar-refractivity contribution in [2.45, 2.75) is 0 Å². The molecule has 3 rings (SSSR count). The van der Waals surface area contributed by atoms with Crippen molar-refractivity contribution in [1.82, 2.24) is 14.9 Å². The van der Waals surface area contributed by atoms with Crippen LogP contribution in [0.25, 0.3) is 11.4 Å². The van der Waals surface area contributed by atoms with E-state index < -0.39 is 0 Å². The van der Waals surface area contributed by atoms with Crippen molar-refractivity contribution >= 4 is 30.0 Å². The van der Waals surface area contributed by atoms with E-state index in [1.807, 2.05) is 30.3 Å². The van der Waals surface area contributed by atoms with Gasteiger partial charge in [-0.2, -0.15) is 14.9 Å². The molecule has 0 aliphatic heterocycles. The molecule has 0 spiro atoms. The minimum Gasteiger partial charge on any atom is -0.497 e. The molecule has 1 heterocycles. The quantitative estimate of drug-likeness (QED) is 0.538. The van der Waals surface area contributed by atoms with Crippen LogP contribution in [0.1, 0.15) is 5.56 Å². The fourth-order valence-electron chi connectivity index (χ4n) is 2.26. The van der Waals surface area contributed by atoms with Gasteiger partial charge in [-0.3, -0.25) is 0 Å². The number of halogens is 1. The zero-order chi connectivity index (χ0) is 17.8. The van der Waals surface area contributed by atoms with E-state index in [1.165, 1.54) is 4.68 Å². The summed E-state index contributed by atoms with van der Waals surface area (Å²) in [6.45, 7) is 0. The van der Waals surface area contributed by atoms with Crippen molar-refractivity contribution in [3.8, 4) is 22.9 Å². The third kappa shape index (κ3) is 3.57. The van der Waals surface area contributed by atoms with Gasteiger partial charge < -0.3 is 9.47 Å². The standard InChI is InChI=1S/C17H15ClN4O2S/c1-23-12-7-8-13(15(9-12)24-2)16-20-21-17(25)22(16)19-10-11-5-3-4-6-14(11)18/h3-10H,1-2H3,(H,21,25)/b19-10-. The molecule has 0 saturated heterocycles. The van der Waals surface area contributed by atoms with Crippen LogP contribution >= 0.6 is 23.8 Å². The predicted molar refractivity (Wildman–Crippen MR) is 100 cm³/mol. The molecule has 6 nitrogen and oxygen atoms in total. The Kier molecular flexibility index (Phi) is 5.16. The fourth-order valence-corrected chi connectivity index (χ4v) is 2.62. The summed E-state index contributed by atoms with van der Waals surface area (Å²) in [5.41, 5.74) is 1.51. The third-order valence-corrected chi connectivity index (χ3v) is 4.13. The second-order valence-corrected chi connectivity index (χ2v) is 5.79. The molecule has 0 bridgehead atoms. The topological polar surface area (TPSA) is 64.4 Å². The van der Waals surface area contributed by atoms with Crippen molar-refractivity contribution < 1.29 is 9.47 Å². The van der Waals surface area contributed by atoms with Gasteiger partial charge in [0.15, 0.2) is 5.82 Å². The van der Waals surface area contributed by atoms with E-state index in [0.717, 1.165) is 11.1 Å². The van der Waals surface area contributed by atoms with Crippen LogP contribution in [0.3, 0.4) is 0 Å². The average Bonchev–Trinajstić information content (AvgIpc) is 3.01. The van der Waals surface area contributed by atoms with E-state index in [2.05, 4.69) is 15.3 Å². The minimum absolute atomic E-state index is 0.358. The van der Waals surface area contributed by atoms with Crippen LogP contribution in [0.5, 0.6) is 11.5 Å². The number of hydrogen-bond donors (Lipinski definition) is 1. The van der Waals surface area contributed by atoms with Gasteiger partial charge >= 0.3 is 0 Å². The highest BCUT2D eigenvalue weighted by Crippen LogP contribution is 2.32. The number of nitrogens with one attached hydrogen (secondary N) is 1. The number of rotatable bonds is 5. The molecule has 0 unspecified atom stereocenters. The Morgan fingerprint density at radius 1 is 1.20 bits per heavy atom. The maximum Gasteiger partial charge on any atom is 0.216 e. The van der Waals surface area contributed by atoms with Crippen molar-refractivity contribution in [3.05, 3.63) is 57.8 Å². The van der Waals surface area contributed by atoms with Crippen molar-refractivity contribution in [2.75, 3.05) is 14.2 Å². The van der Waals surface area contributed by atoms with Crippen molar-refractivity contribution in [1.29, 1.82) is 0 Å². The highest BCUT2D eigenvalue weighted by atomic mass is 35.5. The van der Waals surface area contributed by atoms with Gasteiger partial charge in [0.1, 0.15) is 11.5 Å². The molecule has 1 N–H and O–H groups in total. The number of H-pyrrole nitrogens is 1. The Morgan fingerprint density at radius 2 is 2.00 bits per heavy atom. The summed E-state index contributed by atoms with van der Waals surface area (Å²) in [6, 6.07) is 12.8. The van der Waals surface area contributed by atoms with Gasteiger partial charge in [-0.05, 0) is 30.4 Å². The molecule has 0 amide bonds. The van der Waals surface area contributed by atoms with Crippen LogP contribution in [0.4, 0.5) is 0 Å². The molecular weight excluding hydrogens is 360 g/mol. The van der Waals surface area contributed by atoms with Gasteiger partial charge in [0.25, 0.3) is 0 Å². The Hall–Kier alpha value is -2.64. The number of nitrogens with zero attached hydrogens (tertiary/aromatic N) is 3. The molecule has 1 aromatic heterocycles. The fraction of sp³-hybridized carbons (Fsp3) is 0.118. The summed E-state index contributed by atoms with van der Waals surface area (Å²) < 4.78 is 12.5. The highest BCUT2D eigenvalue weighted by Gasteiger charge is 2.14. The van der Waals surface area contributed by atoms with Gasteiger partial charge in [0, 0.05) is 16.7 Å². The second kappa shape index (κ2) is 7.50. The summed E-state index contributed by atoms with van der Waals surface area (Å²) in [6.07, 6.45) is 1.63. The molecule has 128 valence electrons. The summed E-state index contributed by atoms with van der Waals surface area (Å²) in [5.74, 6) is 1.80. The van der Waals surface area contributed by atoms with E-state index in [4.69, 9.17) is 33.3 Å². The lowest BCUT2D eigenvalue weighted by molar-refractivity contribution is 0.395. The predicted octanol–water partition coefficient (Wildman–Crippen LogP) is 4.16. The monoisotopic (exact) mass is 374 g/mol. The second-order valence-electron chi connectivity index (χ2n) is 5.00. The Morgan fingerprint density at radius 3 is 2.72 bits per heavy atom. The zero-order valence-corrected chi connectivity index (χ0v) is 15.1. The summed E-state index contributed by atoms with van der Waals surface area (Å²) in [4.78, 5) is 0. The van der Waals surface area contributed by atoms with Crippen molar-refractivity contribution in [3.63, 3.8) is 0 Å². The number of benzene rings is 2. The molecule has 8 heteroatoms. The van der Waals surface area contributed by atoms with Gasteiger partial charge in [0.05, 0.1) is 26.0 Å². The first-order valence-electron chi connectivity index (χ1n) is 7.32. The number of aromatic amines is 1. The van der Waals surface area contributed by atoms with Crippen LogP contribution < -0.4 is 9.47 Å². The summed E-state index contributed by atoms with van der Waals surface area (Å²) in [5, 5.41) is 12.0. The normalized spacial score (nSPS) is 11.0. The Labute approximate surface area is 154 Å². The highest BCUT2D eigenvalue weighted by molar-refractivity contribution is 7.71. The Bertz CT molecular complexity index is 981. The SMILES string of the molecule is COc1ccc(-c2n[nH]c(=S)n2/N=C\c2ccccc2Cl)c(OC)c1. The first-order chi connectivity index (χ1) is 12.1. The molecule has 0 atom stereocenters. The lowest BCUT2D eigenvalue weighted by Gasteiger charge is -2.09. The van der Waals surface area contributed by atoms with Gasteiger partial charge in [0.2, 0.25) is 4.77 Å². The van der Waals surface area contributed by atoms with E-state index in [-0.39, 0.29) is 0 Å². The number of hydrogen-bond acceptors (Lipinski definition) is 5. The molecule has 0 saturated carbocycles. The molecule has 0 fully saturated rings. The summed E-state index contributed by atoms with van der Waals surface area (Å²) >= 11 is 11.4. The first kappa shape index (κ1) is 17.2. The molecule has 3 aromatic rings. The third-order valence-electron chi connectivity index (χ3n) is 3.52. The van der Waals surface area contributed by atoms with Crippen LogP contribution in [-0.4, -0.2) is 35.3 Å². The Balaban J connectivity index is 2.06. The van der Waals surface area contributed by atoms with Crippen LogP contribution in [0.15, 0.2) is 47.6 Å². The zero-order valence-electron chi connectivity index (χ0n) is 13.6. The van der Waals surface area contributed by atoms with Crippen LogP contribution in [0, 0.1) is 4.77 Å². The van der Waals surface area contributed by atoms with E-state index in [1.54, 1.807) is 32.6 Å².